The largest absolute Gasteiger partial charge is 0.369 e. The summed E-state index contributed by atoms with van der Waals surface area (Å²) in [4.78, 5) is 20.2. The molecule has 5 nitrogen and oxygen atoms in total. The molecule has 2 N–H and O–H groups in total. The molecule has 0 bridgehead atoms. The summed E-state index contributed by atoms with van der Waals surface area (Å²) in [6, 6.07) is 0. The van der Waals surface area contributed by atoms with Crippen LogP contribution in [0.25, 0.3) is 0 Å². The summed E-state index contributed by atoms with van der Waals surface area (Å²) < 4.78 is 0.173. The molecule has 0 saturated carbocycles. The SMILES string of the molecule is CCNc1cnc(C(=O)NCC2(C)CCCS2)cn1. The van der Waals surface area contributed by atoms with E-state index in [0.717, 1.165) is 13.0 Å². The highest BCUT2D eigenvalue weighted by Crippen LogP contribution is 2.36. The molecule has 2 heterocycles. The topological polar surface area (TPSA) is 66.9 Å². The maximum absolute atomic E-state index is 12.0. The van der Waals surface area contributed by atoms with Crippen LogP contribution in [0, 0.1) is 0 Å². The maximum Gasteiger partial charge on any atom is 0.271 e. The molecule has 1 saturated heterocycles. The number of nitrogens with zero attached hydrogens (tertiary/aromatic N) is 2. The monoisotopic (exact) mass is 280 g/mol. The molecule has 0 spiro atoms. The van der Waals surface area contributed by atoms with Gasteiger partial charge in [-0.05, 0) is 32.4 Å². The van der Waals surface area contributed by atoms with Crippen LogP contribution < -0.4 is 10.6 Å². The Morgan fingerprint density at radius 3 is 2.89 bits per heavy atom. The molecule has 1 amide bonds. The molecule has 1 aliphatic rings. The summed E-state index contributed by atoms with van der Waals surface area (Å²) in [6.45, 7) is 5.66. The van der Waals surface area contributed by atoms with E-state index in [4.69, 9.17) is 0 Å². The van der Waals surface area contributed by atoms with Gasteiger partial charge < -0.3 is 10.6 Å². The van der Waals surface area contributed by atoms with Gasteiger partial charge in [-0.1, -0.05) is 0 Å². The molecule has 19 heavy (non-hydrogen) atoms. The van der Waals surface area contributed by atoms with E-state index < -0.39 is 0 Å². The zero-order valence-electron chi connectivity index (χ0n) is 11.4. The van der Waals surface area contributed by atoms with Gasteiger partial charge in [-0.3, -0.25) is 4.79 Å². The van der Waals surface area contributed by atoms with Gasteiger partial charge in [-0.25, -0.2) is 9.97 Å². The molecule has 1 unspecified atom stereocenters. The molecular formula is C13H20N4OS. The minimum Gasteiger partial charge on any atom is -0.369 e. The first-order chi connectivity index (χ1) is 9.13. The maximum atomic E-state index is 12.0. The molecule has 1 fully saturated rings. The van der Waals surface area contributed by atoms with E-state index >= 15 is 0 Å². The second-order valence-electron chi connectivity index (χ2n) is 4.90. The number of aromatic nitrogens is 2. The average Bonchev–Trinajstić information content (AvgIpc) is 2.85. The third kappa shape index (κ3) is 3.83. The number of carbonyl (C=O) groups excluding carboxylic acids is 1. The summed E-state index contributed by atoms with van der Waals surface area (Å²) >= 11 is 1.93. The fraction of sp³-hybridized carbons (Fsp3) is 0.615. The van der Waals surface area contributed by atoms with Crippen LogP contribution in [-0.2, 0) is 0 Å². The van der Waals surface area contributed by atoms with Gasteiger partial charge in [0.15, 0.2) is 0 Å². The molecule has 1 aliphatic heterocycles. The molecule has 104 valence electrons. The van der Waals surface area contributed by atoms with E-state index in [0.29, 0.717) is 18.1 Å². The van der Waals surface area contributed by atoms with Crippen LogP contribution in [0.1, 0.15) is 37.2 Å². The van der Waals surface area contributed by atoms with Crippen molar-refractivity contribution < 1.29 is 4.79 Å². The third-order valence-electron chi connectivity index (χ3n) is 3.17. The van der Waals surface area contributed by atoms with Crippen LogP contribution >= 0.6 is 11.8 Å². The fourth-order valence-electron chi connectivity index (χ4n) is 2.05. The van der Waals surface area contributed by atoms with Gasteiger partial charge in [-0.15, -0.1) is 0 Å². The van der Waals surface area contributed by atoms with Crippen LogP contribution in [-0.4, -0.2) is 39.5 Å². The lowest BCUT2D eigenvalue weighted by molar-refractivity contribution is 0.0944. The van der Waals surface area contributed by atoms with Crippen LogP contribution in [0.3, 0.4) is 0 Å². The Labute approximate surface area is 118 Å². The highest BCUT2D eigenvalue weighted by molar-refractivity contribution is 8.00. The lowest BCUT2D eigenvalue weighted by atomic mass is 10.1. The Bertz CT molecular complexity index is 429. The van der Waals surface area contributed by atoms with E-state index in [1.165, 1.54) is 18.4 Å². The first-order valence-corrected chi connectivity index (χ1v) is 7.59. The minimum absolute atomic E-state index is 0.149. The number of rotatable bonds is 5. The summed E-state index contributed by atoms with van der Waals surface area (Å²) in [7, 11) is 0. The van der Waals surface area contributed by atoms with Crippen molar-refractivity contribution in [3.63, 3.8) is 0 Å². The van der Waals surface area contributed by atoms with Crippen LogP contribution in [0.2, 0.25) is 0 Å². The summed E-state index contributed by atoms with van der Waals surface area (Å²) in [5, 5.41) is 6.00. The van der Waals surface area contributed by atoms with Crippen molar-refractivity contribution in [2.24, 2.45) is 0 Å². The van der Waals surface area contributed by atoms with Crippen molar-refractivity contribution in [1.82, 2.24) is 15.3 Å². The molecule has 1 atom stereocenters. The lowest BCUT2D eigenvalue weighted by Gasteiger charge is -2.22. The van der Waals surface area contributed by atoms with Crippen molar-refractivity contribution in [2.75, 3.05) is 24.2 Å². The molecule has 1 aromatic rings. The predicted molar refractivity (Wildman–Crippen MR) is 78.6 cm³/mol. The number of hydrogen-bond donors (Lipinski definition) is 2. The van der Waals surface area contributed by atoms with E-state index in [1.807, 2.05) is 18.7 Å². The minimum atomic E-state index is -0.149. The van der Waals surface area contributed by atoms with Gasteiger partial charge in [0, 0.05) is 17.8 Å². The first-order valence-electron chi connectivity index (χ1n) is 6.61. The lowest BCUT2D eigenvalue weighted by Crippen LogP contribution is -2.37. The highest BCUT2D eigenvalue weighted by Gasteiger charge is 2.29. The number of carbonyl (C=O) groups is 1. The number of amides is 1. The molecule has 2 rings (SSSR count). The molecule has 1 aromatic heterocycles. The number of anilines is 1. The summed E-state index contributed by atoms with van der Waals surface area (Å²) in [5.41, 5.74) is 0.369. The van der Waals surface area contributed by atoms with Crippen molar-refractivity contribution >= 4 is 23.5 Å². The van der Waals surface area contributed by atoms with E-state index in [1.54, 1.807) is 6.20 Å². The van der Waals surface area contributed by atoms with Crippen molar-refractivity contribution in [3.05, 3.63) is 18.1 Å². The Morgan fingerprint density at radius 1 is 1.47 bits per heavy atom. The average molecular weight is 280 g/mol. The quantitative estimate of drug-likeness (QED) is 0.862. The van der Waals surface area contributed by atoms with Crippen molar-refractivity contribution in [2.45, 2.75) is 31.4 Å². The third-order valence-corrected chi connectivity index (χ3v) is 4.70. The van der Waals surface area contributed by atoms with E-state index in [-0.39, 0.29) is 10.7 Å². The Balaban J connectivity index is 1.88. The highest BCUT2D eigenvalue weighted by atomic mass is 32.2. The Morgan fingerprint density at radius 2 is 2.32 bits per heavy atom. The van der Waals surface area contributed by atoms with Gasteiger partial charge in [0.2, 0.25) is 0 Å². The molecule has 0 radical (unpaired) electrons. The molecule has 0 aliphatic carbocycles. The molecule has 0 aromatic carbocycles. The van der Waals surface area contributed by atoms with Crippen LogP contribution in [0.15, 0.2) is 12.4 Å². The Hall–Kier alpha value is -1.30. The summed E-state index contributed by atoms with van der Waals surface area (Å²) in [6.07, 6.45) is 5.49. The Kier molecular flexibility index (Phi) is 4.63. The zero-order chi connectivity index (χ0) is 13.7. The predicted octanol–water partition coefficient (Wildman–Crippen LogP) is 1.92. The normalized spacial score (nSPS) is 22.2. The fourth-order valence-corrected chi connectivity index (χ4v) is 3.30. The zero-order valence-corrected chi connectivity index (χ0v) is 12.2. The van der Waals surface area contributed by atoms with E-state index in [2.05, 4.69) is 27.5 Å². The second-order valence-corrected chi connectivity index (χ2v) is 6.58. The smallest absolute Gasteiger partial charge is 0.271 e. The van der Waals surface area contributed by atoms with Crippen molar-refractivity contribution in [3.8, 4) is 0 Å². The van der Waals surface area contributed by atoms with Gasteiger partial charge in [0.05, 0.1) is 12.4 Å². The molecule has 6 heteroatoms. The van der Waals surface area contributed by atoms with Gasteiger partial charge in [0.1, 0.15) is 11.5 Å². The van der Waals surface area contributed by atoms with Gasteiger partial charge in [0.25, 0.3) is 5.91 Å². The number of hydrogen-bond acceptors (Lipinski definition) is 5. The van der Waals surface area contributed by atoms with Gasteiger partial charge >= 0.3 is 0 Å². The summed E-state index contributed by atoms with van der Waals surface area (Å²) in [5.74, 6) is 1.73. The van der Waals surface area contributed by atoms with E-state index in [9.17, 15) is 4.79 Å². The van der Waals surface area contributed by atoms with Crippen LogP contribution in [0.4, 0.5) is 5.82 Å². The van der Waals surface area contributed by atoms with Crippen LogP contribution in [0.5, 0.6) is 0 Å². The van der Waals surface area contributed by atoms with Gasteiger partial charge in [-0.2, -0.15) is 11.8 Å². The number of nitrogens with one attached hydrogen (secondary N) is 2. The van der Waals surface area contributed by atoms with Crippen molar-refractivity contribution in [1.29, 1.82) is 0 Å². The standard InChI is InChI=1S/C13H20N4OS/c1-3-14-11-8-15-10(7-16-11)12(18)17-9-13(2)5-4-6-19-13/h7-8H,3-6,9H2,1-2H3,(H,14,16)(H,17,18). The first kappa shape index (κ1) is 14.1. The number of thioether (sulfide) groups is 1. The molecular weight excluding hydrogens is 260 g/mol. The second kappa shape index (κ2) is 6.23.